The fraction of sp³-hybridized carbons (Fsp3) is 0.261. The lowest BCUT2D eigenvalue weighted by Gasteiger charge is -2.33. The lowest BCUT2D eigenvalue weighted by Crippen LogP contribution is -2.44. The predicted octanol–water partition coefficient (Wildman–Crippen LogP) is 2.94. The summed E-state index contributed by atoms with van der Waals surface area (Å²) in [7, 11) is 1.47. The van der Waals surface area contributed by atoms with Crippen molar-refractivity contribution in [3.63, 3.8) is 0 Å². The van der Waals surface area contributed by atoms with Gasteiger partial charge in [0.25, 0.3) is 5.91 Å². The molecule has 0 radical (unpaired) electrons. The van der Waals surface area contributed by atoms with Crippen LogP contribution in [-0.4, -0.2) is 51.5 Å². The number of imide groups is 1. The number of rotatable bonds is 4. The maximum Gasteiger partial charge on any atom is 0.326 e. The Morgan fingerprint density at radius 2 is 1.90 bits per heavy atom. The minimum absolute atomic E-state index is 0.120. The third-order valence-electron chi connectivity index (χ3n) is 5.84. The maximum atomic E-state index is 12.7. The minimum atomic E-state index is -0.558. The van der Waals surface area contributed by atoms with Crippen LogP contribution in [-0.2, 0) is 17.9 Å². The molecule has 0 fully saturated rings. The van der Waals surface area contributed by atoms with Crippen molar-refractivity contribution >= 4 is 29.3 Å². The quantitative estimate of drug-likeness (QED) is 0.385. The molecule has 2 N–H and O–H groups in total. The minimum Gasteiger partial charge on any atom is -0.338 e. The fourth-order valence-corrected chi connectivity index (χ4v) is 4.37. The van der Waals surface area contributed by atoms with Crippen molar-refractivity contribution in [2.75, 3.05) is 13.6 Å². The first-order valence-electron chi connectivity index (χ1n) is 10.0. The van der Waals surface area contributed by atoms with Crippen molar-refractivity contribution in [1.82, 2.24) is 19.8 Å². The third-order valence-corrected chi connectivity index (χ3v) is 5.84. The number of carbonyl (C=O) groups excluding carboxylic acids is 3. The third kappa shape index (κ3) is 3.66. The summed E-state index contributed by atoms with van der Waals surface area (Å²) in [5.41, 5.74) is 6.34. The van der Waals surface area contributed by atoms with Gasteiger partial charge in [-0.1, -0.05) is 37.3 Å². The Morgan fingerprint density at radius 1 is 1.19 bits per heavy atom. The van der Waals surface area contributed by atoms with Crippen LogP contribution in [0.2, 0.25) is 0 Å². The fourth-order valence-electron chi connectivity index (χ4n) is 4.37. The van der Waals surface area contributed by atoms with Gasteiger partial charge >= 0.3 is 6.03 Å². The summed E-state index contributed by atoms with van der Waals surface area (Å²) >= 11 is 0. The SMILES string of the molecule is CC1CN(C(=O)N(C)C=O)Cc2c1c1ccccc1n2Cc1ccc(C(=O)NO)cc1. The molecule has 1 atom stereocenters. The number of hydroxylamine groups is 1. The lowest BCUT2D eigenvalue weighted by atomic mass is 9.93. The molecule has 8 heteroatoms. The summed E-state index contributed by atoms with van der Waals surface area (Å²) in [6, 6.07) is 14.9. The molecule has 0 saturated carbocycles. The number of hydrogen-bond donors (Lipinski definition) is 2. The molecule has 31 heavy (non-hydrogen) atoms. The zero-order chi connectivity index (χ0) is 22.1. The highest BCUT2D eigenvalue weighted by atomic mass is 16.5. The van der Waals surface area contributed by atoms with Crippen molar-refractivity contribution in [3.8, 4) is 0 Å². The van der Waals surface area contributed by atoms with Gasteiger partial charge < -0.3 is 9.47 Å². The van der Waals surface area contributed by atoms with E-state index in [4.69, 9.17) is 5.21 Å². The van der Waals surface area contributed by atoms with Gasteiger partial charge in [0.05, 0.1) is 6.54 Å². The van der Waals surface area contributed by atoms with Gasteiger partial charge in [0.1, 0.15) is 0 Å². The van der Waals surface area contributed by atoms with Crippen molar-refractivity contribution in [2.24, 2.45) is 0 Å². The highest BCUT2D eigenvalue weighted by Crippen LogP contribution is 2.37. The molecule has 4 amide bonds. The molecule has 0 saturated heterocycles. The highest BCUT2D eigenvalue weighted by Gasteiger charge is 2.32. The number of urea groups is 1. The summed E-state index contributed by atoms with van der Waals surface area (Å²) in [4.78, 5) is 38.1. The van der Waals surface area contributed by atoms with E-state index in [1.807, 2.05) is 24.3 Å². The Bertz CT molecular complexity index is 1150. The van der Waals surface area contributed by atoms with Crippen LogP contribution in [0.4, 0.5) is 4.79 Å². The number of para-hydroxylation sites is 1. The van der Waals surface area contributed by atoms with Gasteiger partial charge in [-0.15, -0.1) is 0 Å². The molecule has 2 heterocycles. The average molecular weight is 420 g/mol. The molecule has 1 aliphatic rings. The largest absolute Gasteiger partial charge is 0.338 e. The second kappa shape index (κ2) is 8.23. The molecular weight excluding hydrogens is 396 g/mol. The Hall–Kier alpha value is -3.65. The van der Waals surface area contributed by atoms with E-state index in [0.717, 1.165) is 27.1 Å². The molecular formula is C23H24N4O4. The monoisotopic (exact) mass is 420 g/mol. The standard InChI is InChI=1S/C23H24N4O4/c1-15-11-26(23(30)25(2)14-28)13-20-21(15)18-5-3-4-6-19(18)27(20)12-16-7-9-17(10-8-16)22(29)24-31/h3-10,14-15,31H,11-13H2,1-2H3,(H,24,29). The Morgan fingerprint density at radius 3 is 2.58 bits per heavy atom. The molecule has 1 aliphatic heterocycles. The van der Waals surface area contributed by atoms with Crippen LogP contribution in [0.5, 0.6) is 0 Å². The number of carbonyl (C=O) groups is 3. The Balaban J connectivity index is 1.75. The second-order valence-electron chi connectivity index (χ2n) is 7.88. The van der Waals surface area contributed by atoms with E-state index in [9.17, 15) is 14.4 Å². The van der Waals surface area contributed by atoms with Gasteiger partial charge in [0.2, 0.25) is 6.41 Å². The number of hydrogen-bond acceptors (Lipinski definition) is 4. The van der Waals surface area contributed by atoms with E-state index >= 15 is 0 Å². The summed E-state index contributed by atoms with van der Waals surface area (Å²) < 4.78 is 2.20. The van der Waals surface area contributed by atoms with Crippen molar-refractivity contribution in [3.05, 3.63) is 70.9 Å². The van der Waals surface area contributed by atoms with E-state index in [-0.39, 0.29) is 11.9 Å². The first-order chi connectivity index (χ1) is 14.9. The lowest BCUT2D eigenvalue weighted by molar-refractivity contribution is -0.115. The van der Waals surface area contributed by atoms with Gasteiger partial charge in [-0.3, -0.25) is 19.7 Å². The highest BCUT2D eigenvalue weighted by molar-refractivity contribution is 5.93. The molecule has 1 unspecified atom stereocenters. The van der Waals surface area contributed by atoms with E-state index in [1.165, 1.54) is 12.6 Å². The number of fused-ring (bicyclic) bond motifs is 3. The van der Waals surface area contributed by atoms with Crippen molar-refractivity contribution in [1.29, 1.82) is 0 Å². The van der Waals surface area contributed by atoms with Crippen LogP contribution >= 0.6 is 0 Å². The van der Waals surface area contributed by atoms with Gasteiger partial charge in [0, 0.05) is 48.2 Å². The first kappa shape index (κ1) is 20.6. The van der Waals surface area contributed by atoms with Crippen molar-refractivity contribution in [2.45, 2.75) is 25.9 Å². The Labute approximate surface area is 179 Å². The number of benzene rings is 2. The Kier molecular flexibility index (Phi) is 5.48. The first-order valence-corrected chi connectivity index (χ1v) is 10.0. The van der Waals surface area contributed by atoms with Crippen LogP contribution in [0.15, 0.2) is 48.5 Å². The summed E-state index contributed by atoms with van der Waals surface area (Å²) in [5.74, 6) is -0.438. The van der Waals surface area contributed by atoms with E-state index in [1.54, 1.807) is 22.5 Å². The van der Waals surface area contributed by atoms with Crippen LogP contribution in [0.25, 0.3) is 10.9 Å². The van der Waals surface area contributed by atoms with Crippen LogP contribution < -0.4 is 5.48 Å². The number of nitrogens with one attached hydrogen (secondary N) is 1. The van der Waals surface area contributed by atoms with Gasteiger partial charge in [0.15, 0.2) is 0 Å². The average Bonchev–Trinajstić information content (AvgIpc) is 3.12. The molecule has 160 valence electrons. The van der Waals surface area contributed by atoms with Gasteiger partial charge in [-0.2, -0.15) is 0 Å². The normalized spacial score (nSPS) is 15.5. The molecule has 0 aliphatic carbocycles. The molecule has 8 nitrogen and oxygen atoms in total. The molecule has 2 aromatic carbocycles. The summed E-state index contributed by atoms with van der Waals surface area (Å²) in [5, 5.41) is 9.97. The van der Waals surface area contributed by atoms with Crippen molar-refractivity contribution < 1.29 is 19.6 Å². The van der Waals surface area contributed by atoms with E-state index in [0.29, 0.717) is 31.6 Å². The van der Waals surface area contributed by atoms with Gasteiger partial charge in [-0.25, -0.2) is 10.3 Å². The molecule has 4 rings (SSSR count). The number of amides is 4. The smallest absolute Gasteiger partial charge is 0.326 e. The van der Waals surface area contributed by atoms with E-state index < -0.39 is 5.91 Å². The van der Waals surface area contributed by atoms with Crippen LogP contribution in [0, 0.1) is 0 Å². The molecule has 1 aromatic heterocycles. The summed E-state index contributed by atoms with van der Waals surface area (Å²) in [6.07, 6.45) is 0.530. The zero-order valence-electron chi connectivity index (χ0n) is 17.4. The predicted molar refractivity (Wildman–Crippen MR) is 115 cm³/mol. The molecule has 3 aromatic rings. The van der Waals surface area contributed by atoms with E-state index in [2.05, 4.69) is 23.6 Å². The second-order valence-corrected chi connectivity index (χ2v) is 7.88. The number of aromatic nitrogens is 1. The molecule has 0 bridgehead atoms. The van der Waals surface area contributed by atoms with Crippen LogP contribution in [0.3, 0.4) is 0 Å². The molecule has 0 spiro atoms. The maximum absolute atomic E-state index is 12.7. The zero-order valence-corrected chi connectivity index (χ0v) is 17.4. The summed E-state index contributed by atoms with van der Waals surface area (Å²) in [6.45, 7) is 3.62. The topological polar surface area (TPSA) is 94.9 Å². The van der Waals surface area contributed by atoms with Gasteiger partial charge in [-0.05, 0) is 29.3 Å². The van der Waals surface area contributed by atoms with Crippen LogP contribution in [0.1, 0.15) is 40.0 Å². The number of nitrogens with zero attached hydrogens (tertiary/aromatic N) is 3.